The maximum Gasteiger partial charge on any atom is 0.337 e. The van der Waals surface area contributed by atoms with Crippen LogP contribution in [-0.4, -0.2) is 11.1 Å². The fourth-order valence-corrected chi connectivity index (χ4v) is 2.43. The predicted octanol–water partition coefficient (Wildman–Crippen LogP) is 3.05. The Kier molecular flexibility index (Phi) is 2.00. The molecule has 0 fully saturated rings. The third kappa shape index (κ3) is 1.19. The highest BCUT2D eigenvalue weighted by molar-refractivity contribution is 7.17. The van der Waals surface area contributed by atoms with Gasteiger partial charge in [0.05, 0.1) is 5.56 Å². The van der Waals surface area contributed by atoms with Crippen molar-refractivity contribution in [3.05, 3.63) is 34.5 Å². The van der Waals surface area contributed by atoms with Gasteiger partial charge in [0.15, 0.2) is 0 Å². The monoisotopic (exact) mass is 210 g/mol. The van der Waals surface area contributed by atoms with Crippen LogP contribution in [0.5, 0.6) is 0 Å². The first-order chi connectivity index (χ1) is 6.61. The summed E-state index contributed by atoms with van der Waals surface area (Å²) < 4.78 is 14.1. The predicted molar refractivity (Wildman–Crippen MR) is 53.5 cm³/mol. The summed E-state index contributed by atoms with van der Waals surface area (Å²) in [6.07, 6.45) is 0. The third-order valence-electron chi connectivity index (χ3n) is 2.10. The van der Waals surface area contributed by atoms with Gasteiger partial charge in [0.1, 0.15) is 5.82 Å². The summed E-state index contributed by atoms with van der Waals surface area (Å²) >= 11 is 1.26. The molecule has 0 bridgehead atoms. The molecule has 4 heteroatoms. The van der Waals surface area contributed by atoms with Gasteiger partial charge in [-0.15, -0.1) is 11.3 Å². The van der Waals surface area contributed by atoms with E-state index < -0.39 is 11.8 Å². The summed E-state index contributed by atoms with van der Waals surface area (Å²) in [6, 6.07) is 2.95. The Bertz CT molecular complexity index is 516. The Balaban J connectivity index is 2.90. The minimum absolute atomic E-state index is 0.0474. The summed E-state index contributed by atoms with van der Waals surface area (Å²) in [7, 11) is 0. The molecule has 0 aliphatic rings. The number of carboxylic acid groups (broad SMARTS) is 1. The zero-order valence-electron chi connectivity index (χ0n) is 7.37. The van der Waals surface area contributed by atoms with Crippen LogP contribution in [0.25, 0.3) is 10.1 Å². The number of rotatable bonds is 1. The molecule has 72 valence electrons. The summed E-state index contributed by atoms with van der Waals surface area (Å²) in [4.78, 5) is 10.8. The van der Waals surface area contributed by atoms with Crippen molar-refractivity contribution in [1.82, 2.24) is 0 Å². The topological polar surface area (TPSA) is 37.3 Å². The normalized spacial score (nSPS) is 10.7. The Labute approximate surface area is 83.6 Å². The molecule has 0 spiro atoms. The van der Waals surface area contributed by atoms with E-state index in [2.05, 4.69) is 0 Å². The van der Waals surface area contributed by atoms with Crippen molar-refractivity contribution in [2.45, 2.75) is 6.92 Å². The van der Waals surface area contributed by atoms with E-state index in [1.54, 1.807) is 6.07 Å². The minimum Gasteiger partial charge on any atom is -0.478 e. The minimum atomic E-state index is -1.08. The molecule has 1 heterocycles. The number of hydrogen-bond donors (Lipinski definition) is 1. The zero-order valence-corrected chi connectivity index (χ0v) is 8.19. The van der Waals surface area contributed by atoms with Crippen molar-refractivity contribution in [1.29, 1.82) is 0 Å². The van der Waals surface area contributed by atoms with Crippen LogP contribution in [0.3, 0.4) is 0 Å². The second-order valence-electron chi connectivity index (χ2n) is 3.02. The number of aromatic carboxylic acids is 1. The lowest BCUT2D eigenvalue weighted by Gasteiger charge is -1.97. The quantitative estimate of drug-likeness (QED) is 0.785. The summed E-state index contributed by atoms with van der Waals surface area (Å²) in [6.45, 7) is 1.84. The fraction of sp³-hybridized carbons (Fsp3) is 0.100. The van der Waals surface area contributed by atoms with Crippen molar-refractivity contribution in [2.24, 2.45) is 0 Å². The summed E-state index contributed by atoms with van der Waals surface area (Å²) in [5, 5.41) is 10.5. The van der Waals surface area contributed by atoms with Crippen LogP contribution < -0.4 is 0 Å². The zero-order chi connectivity index (χ0) is 10.3. The number of thiophene rings is 1. The Hall–Kier alpha value is -1.42. The number of halogens is 1. The van der Waals surface area contributed by atoms with Gasteiger partial charge in [-0.1, -0.05) is 6.07 Å². The largest absolute Gasteiger partial charge is 0.478 e. The van der Waals surface area contributed by atoms with Crippen molar-refractivity contribution < 1.29 is 14.3 Å². The van der Waals surface area contributed by atoms with E-state index >= 15 is 0 Å². The summed E-state index contributed by atoms with van der Waals surface area (Å²) in [5.74, 6) is -1.55. The first kappa shape index (κ1) is 9.15. The first-order valence-electron chi connectivity index (χ1n) is 4.01. The molecule has 14 heavy (non-hydrogen) atoms. The number of carbonyl (C=O) groups is 1. The molecule has 1 aromatic carbocycles. The van der Waals surface area contributed by atoms with Gasteiger partial charge in [-0.2, -0.15) is 0 Å². The van der Waals surface area contributed by atoms with E-state index in [9.17, 15) is 9.18 Å². The standard InChI is InChI=1S/C10H7FO2S/c1-5-2-3-7(11)8-6(10(12)13)4-14-9(5)8/h2-4H,1H3,(H,12,13). The van der Waals surface area contributed by atoms with Gasteiger partial charge in [-0.05, 0) is 18.6 Å². The molecular formula is C10H7FO2S. The number of carboxylic acids is 1. The lowest BCUT2D eigenvalue weighted by atomic mass is 10.1. The average molecular weight is 210 g/mol. The molecule has 0 aliphatic carbocycles. The van der Waals surface area contributed by atoms with Crippen LogP contribution in [0.4, 0.5) is 4.39 Å². The molecule has 0 unspecified atom stereocenters. The lowest BCUT2D eigenvalue weighted by molar-refractivity contribution is 0.0699. The third-order valence-corrected chi connectivity index (χ3v) is 3.21. The van der Waals surface area contributed by atoms with Crippen LogP contribution in [0, 0.1) is 12.7 Å². The molecule has 1 aromatic heterocycles. The van der Waals surface area contributed by atoms with E-state index in [1.165, 1.54) is 22.8 Å². The molecule has 0 saturated carbocycles. The first-order valence-corrected chi connectivity index (χ1v) is 4.89. The highest BCUT2D eigenvalue weighted by atomic mass is 32.1. The van der Waals surface area contributed by atoms with Gasteiger partial charge < -0.3 is 5.11 Å². The van der Waals surface area contributed by atoms with Crippen LogP contribution >= 0.6 is 11.3 Å². The molecule has 2 aromatic rings. The van der Waals surface area contributed by atoms with Crippen molar-refractivity contribution in [3.63, 3.8) is 0 Å². The molecule has 0 aliphatic heterocycles. The Morgan fingerprint density at radius 2 is 2.21 bits per heavy atom. The van der Waals surface area contributed by atoms with Gasteiger partial charge in [0, 0.05) is 15.5 Å². The molecular weight excluding hydrogens is 203 g/mol. The van der Waals surface area contributed by atoms with Crippen molar-refractivity contribution >= 4 is 27.4 Å². The fourth-order valence-electron chi connectivity index (χ4n) is 1.40. The van der Waals surface area contributed by atoms with Crippen LogP contribution in [0.2, 0.25) is 0 Å². The number of aryl methyl sites for hydroxylation is 1. The molecule has 0 radical (unpaired) electrons. The second kappa shape index (κ2) is 3.06. The summed E-state index contributed by atoms with van der Waals surface area (Å²) in [5.41, 5.74) is 0.949. The molecule has 2 nitrogen and oxygen atoms in total. The van der Waals surface area contributed by atoms with E-state index in [0.29, 0.717) is 4.70 Å². The van der Waals surface area contributed by atoms with Crippen molar-refractivity contribution in [3.8, 4) is 0 Å². The smallest absolute Gasteiger partial charge is 0.337 e. The van der Waals surface area contributed by atoms with Gasteiger partial charge in [-0.25, -0.2) is 9.18 Å². The van der Waals surface area contributed by atoms with E-state index in [1.807, 2.05) is 6.92 Å². The Morgan fingerprint density at radius 3 is 2.86 bits per heavy atom. The van der Waals surface area contributed by atoms with Crippen LogP contribution in [-0.2, 0) is 0 Å². The van der Waals surface area contributed by atoms with Gasteiger partial charge in [0.2, 0.25) is 0 Å². The second-order valence-corrected chi connectivity index (χ2v) is 3.90. The number of benzene rings is 1. The van der Waals surface area contributed by atoms with Crippen LogP contribution in [0.15, 0.2) is 17.5 Å². The maximum atomic E-state index is 13.4. The molecule has 0 amide bonds. The highest BCUT2D eigenvalue weighted by Gasteiger charge is 2.15. The van der Waals surface area contributed by atoms with Gasteiger partial charge >= 0.3 is 5.97 Å². The maximum absolute atomic E-state index is 13.4. The molecule has 2 rings (SSSR count). The van der Waals surface area contributed by atoms with E-state index in [-0.39, 0.29) is 10.9 Å². The molecule has 0 atom stereocenters. The van der Waals surface area contributed by atoms with Gasteiger partial charge in [0.25, 0.3) is 0 Å². The van der Waals surface area contributed by atoms with E-state index in [0.717, 1.165) is 5.56 Å². The molecule has 1 N–H and O–H groups in total. The average Bonchev–Trinajstić information content (AvgIpc) is 2.56. The number of hydrogen-bond acceptors (Lipinski definition) is 2. The SMILES string of the molecule is Cc1ccc(F)c2c(C(=O)O)csc12. The highest BCUT2D eigenvalue weighted by Crippen LogP contribution is 2.30. The van der Waals surface area contributed by atoms with E-state index in [4.69, 9.17) is 5.11 Å². The molecule has 0 saturated heterocycles. The number of fused-ring (bicyclic) bond motifs is 1. The Morgan fingerprint density at radius 1 is 1.50 bits per heavy atom. The van der Waals surface area contributed by atoms with Crippen LogP contribution in [0.1, 0.15) is 15.9 Å². The lowest BCUT2D eigenvalue weighted by Crippen LogP contribution is -1.95. The van der Waals surface area contributed by atoms with Crippen molar-refractivity contribution in [2.75, 3.05) is 0 Å². The van der Waals surface area contributed by atoms with Gasteiger partial charge in [-0.3, -0.25) is 0 Å².